The van der Waals surface area contributed by atoms with E-state index in [0.717, 1.165) is 51.8 Å². The van der Waals surface area contributed by atoms with Gasteiger partial charge < -0.3 is 5.32 Å². The number of aromatic nitrogens is 1. The third kappa shape index (κ3) is 6.66. The zero-order valence-electron chi connectivity index (χ0n) is 24.0. The van der Waals surface area contributed by atoms with E-state index in [4.69, 9.17) is 4.98 Å². The molecule has 0 atom stereocenters. The summed E-state index contributed by atoms with van der Waals surface area (Å²) in [7, 11) is -3.73. The minimum Gasteiger partial charge on any atom is -0.313 e. The van der Waals surface area contributed by atoms with E-state index in [-0.39, 0.29) is 23.2 Å². The van der Waals surface area contributed by atoms with Crippen LogP contribution in [-0.4, -0.2) is 30.8 Å². The lowest BCUT2D eigenvalue weighted by molar-refractivity contribution is 0.102. The van der Waals surface area contributed by atoms with Crippen LogP contribution in [0.25, 0.3) is 20.8 Å². The minimum absolute atomic E-state index is 0. The molecule has 0 radical (unpaired) electrons. The van der Waals surface area contributed by atoms with Crippen LogP contribution in [0.4, 0.5) is 10.7 Å². The third-order valence-corrected chi connectivity index (χ3v) is 11.2. The molecule has 228 valence electrons. The van der Waals surface area contributed by atoms with Gasteiger partial charge in [0.15, 0.2) is 0 Å². The number of carbonyl (C=O) groups excluding carboxylic acids is 1. The number of nitrogens with zero attached hydrogens (tertiary/aromatic N) is 2. The van der Waals surface area contributed by atoms with Crippen molar-refractivity contribution in [1.29, 1.82) is 0 Å². The Bertz CT molecular complexity index is 2030. The van der Waals surface area contributed by atoms with Crippen LogP contribution < -0.4 is 10.0 Å². The molecule has 2 aromatic heterocycles. The first-order valence-electron chi connectivity index (χ1n) is 14.2. The summed E-state index contributed by atoms with van der Waals surface area (Å²) in [5.41, 5.74) is 5.29. The molecule has 3 heterocycles. The first-order valence-corrected chi connectivity index (χ1v) is 17.3. The van der Waals surface area contributed by atoms with Crippen molar-refractivity contribution >= 4 is 71.9 Å². The number of thiazole rings is 1. The van der Waals surface area contributed by atoms with Gasteiger partial charge in [0, 0.05) is 41.3 Å². The van der Waals surface area contributed by atoms with Crippen molar-refractivity contribution in [2.24, 2.45) is 0 Å². The van der Waals surface area contributed by atoms with Crippen LogP contribution in [0.2, 0.25) is 0 Å². The predicted molar refractivity (Wildman–Crippen MR) is 186 cm³/mol. The highest BCUT2D eigenvalue weighted by Crippen LogP contribution is 2.46. The van der Waals surface area contributed by atoms with Crippen LogP contribution in [0.1, 0.15) is 26.4 Å². The molecule has 1 aliphatic heterocycles. The first kappa shape index (κ1) is 30.9. The van der Waals surface area contributed by atoms with Gasteiger partial charge in [0.1, 0.15) is 10.0 Å². The molecule has 0 spiro atoms. The molecular weight excluding hydrogens is 644 g/mol. The Kier molecular flexibility index (Phi) is 9.02. The van der Waals surface area contributed by atoms with Gasteiger partial charge in [-0.15, -0.1) is 35.1 Å². The second-order valence-corrected chi connectivity index (χ2v) is 14.4. The highest BCUT2D eigenvalue weighted by molar-refractivity contribution is 7.92. The zero-order chi connectivity index (χ0) is 30.1. The number of nitrogens with one attached hydrogen (secondary N) is 2. The number of amides is 1. The Morgan fingerprint density at radius 2 is 1.53 bits per heavy atom. The second-order valence-electron chi connectivity index (χ2n) is 10.6. The minimum atomic E-state index is -3.73. The molecule has 0 saturated heterocycles. The average Bonchev–Trinajstić information content (AvgIpc) is 3.62. The van der Waals surface area contributed by atoms with Crippen molar-refractivity contribution in [2.75, 3.05) is 16.6 Å². The summed E-state index contributed by atoms with van der Waals surface area (Å²) in [6, 6.07) is 33.2. The largest absolute Gasteiger partial charge is 0.313 e. The molecule has 6 aromatic rings. The van der Waals surface area contributed by atoms with Gasteiger partial charge in [-0.05, 0) is 66.1 Å². The smallest absolute Gasteiger partial charge is 0.261 e. The van der Waals surface area contributed by atoms with Gasteiger partial charge in [0.05, 0.1) is 15.1 Å². The topological polar surface area (TPSA) is 91.4 Å². The lowest BCUT2D eigenvalue weighted by Crippen LogP contribution is -2.29. The maximum atomic E-state index is 13.5. The van der Waals surface area contributed by atoms with E-state index in [2.05, 4.69) is 45.3 Å². The van der Waals surface area contributed by atoms with Gasteiger partial charge in [-0.3, -0.25) is 14.4 Å². The van der Waals surface area contributed by atoms with Gasteiger partial charge in [-0.1, -0.05) is 60.7 Å². The molecule has 2 N–H and O–H groups in total. The number of anilines is 2. The highest BCUT2D eigenvalue weighted by Gasteiger charge is 2.28. The molecular formula is C34H29ClN4O3S3. The summed E-state index contributed by atoms with van der Waals surface area (Å²) in [5, 5.41) is 4.86. The third-order valence-electron chi connectivity index (χ3n) is 7.57. The number of hydrogen-bond acceptors (Lipinski definition) is 7. The lowest BCUT2D eigenvalue weighted by Gasteiger charge is -2.27. The van der Waals surface area contributed by atoms with E-state index in [0.29, 0.717) is 11.3 Å². The molecule has 1 aliphatic rings. The Morgan fingerprint density at radius 3 is 2.27 bits per heavy atom. The summed E-state index contributed by atoms with van der Waals surface area (Å²) < 4.78 is 29.1. The normalized spacial score (nSPS) is 13.2. The quantitative estimate of drug-likeness (QED) is 0.171. The maximum absolute atomic E-state index is 13.5. The standard InChI is InChI=1S/C34H28N4O3S3.ClH/c39-32(24-15-17-25(18-16-24)37-44(40,41)26-11-5-2-6-12-26)36-34-31(33-35-28-13-7-8-14-29(28)42-33)27-19-20-38(22-30(27)43-34)21-23-9-3-1-4-10-23;/h1-18,37H,19-22H2,(H,36,39);1H. The van der Waals surface area contributed by atoms with Crippen LogP contribution in [0, 0.1) is 0 Å². The molecule has 1 amide bonds. The van der Waals surface area contributed by atoms with Crippen LogP contribution in [0.3, 0.4) is 0 Å². The van der Waals surface area contributed by atoms with Crippen molar-refractivity contribution in [2.45, 2.75) is 24.4 Å². The van der Waals surface area contributed by atoms with Crippen molar-refractivity contribution < 1.29 is 13.2 Å². The molecule has 7 nitrogen and oxygen atoms in total. The second kappa shape index (κ2) is 13.1. The average molecular weight is 673 g/mol. The Morgan fingerprint density at radius 1 is 0.844 bits per heavy atom. The number of hydrogen-bond donors (Lipinski definition) is 2. The monoisotopic (exact) mass is 672 g/mol. The zero-order valence-corrected chi connectivity index (χ0v) is 27.2. The Hall–Kier alpha value is -4.06. The van der Waals surface area contributed by atoms with Gasteiger partial charge in [-0.25, -0.2) is 13.4 Å². The van der Waals surface area contributed by atoms with Crippen molar-refractivity contribution in [3.05, 3.63) is 131 Å². The van der Waals surface area contributed by atoms with E-state index < -0.39 is 10.0 Å². The Balaban J connectivity index is 0.00000357. The molecule has 0 bridgehead atoms. The number of rotatable bonds is 8. The fraction of sp³-hybridized carbons (Fsp3) is 0.118. The fourth-order valence-electron chi connectivity index (χ4n) is 5.41. The summed E-state index contributed by atoms with van der Waals surface area (Å²) in [4.78, 5) is 22.3. The van der Waals surface area contributed by atoms with Crippen molar-refractivity contribution in [3.63, 3.8) is 0 Å². The van der Waals surface area contributed by atoms with Gasteiger partial charge in [-0.2, -0.15) is 0 Å². The predicted octanol–water partition coefficient (Wildman–Crippen LogP) is 8.06. The molecule has 0 unspecified atom stereocenters. The summed E-state index contributed by atoms with van der Waals surface area (Å²) in [5.74, 6) is -0.260. The number of carbonyl (C=O) groups is 1. The van der Waals surface area contributed by atoms with E-state index in [9.17, 15) is 13.2 Å². The molecule has 4 aromatic carbocycles. The maximum Gasteiger partial charge on any atom is 0.261 e. The highest BCUT2D eigenvalue weighted by atomic mass is 35.5. The van der Waals surface area contributed by atoms with Crippen LogP contribution in [-0.2, 0) is 29.5 Å². The SMILES string of the molecule is Cl.O=C(Nc1sc2c(c1-c1nc3ccccc3s1)CCN(Cc1ccccc1)C2)c1ccc(NS(=O)(=O)c2ccccc2)cc1. The number of sulfonamides is 1. The van der Waals surface area contributed by atoms with Gasteiger partial charge in [0.2, 0.25) is 0 Å². The molecule has 11 heteroatoms. The van der Waals surface area contributed by atoms with Crippen LogP contribution >= 0.6 is 35.1 Å². The van der Waals surface area contributed by atoms with Gasteiger partial charge in [0.25, 0.3) is 15.9 Å². The van der Waals surface area contributed by atoms with Crippen LogP contribution in [0.5, 0.6) is 0 Å². The number of halogens is 1. The van der Waals surface area contributed by atoms with Gasteiger partial charge >= 0.3 is 0 Å². The summed E-state index contributed by atoms with van der Waals surface area (Å²) in [6.45, 7) is 2.60. The fourth-order valence-corrected chi connectivity index (χ4v) is 8.88. The van der Waals surface area contributed by atoms with Crippen molar-refractivity contribution in [1.82, 2.24) is 9.88 Å². The summed E-state index contributed by atoms with van der Waals surface area (Å²) >= 11 is 3.25. The van der Waals surface area contributed by atoms with E-state index in [1.54, 1.807) is 65.1 Å². The molecule has 0 aliphatic carbocycles. The van der Waals surface area contributed by atoms with E-state index >= 15 is 0 Å². The molecule has 0 saturated carbocycles. The summed E-state index contributed by atoms with van der Waals surface area (Å²) in [6.07, 6.45) is 0.871. The number of benzene rings is 4. The number of para-hydroxylation sites is 1. The van der Waals surface area contributed by atoms with Crippen LogP contribution in [0.15, 0.2) is 114 Å². The van der Waals surface area contributed by atoms with E-state index in [1.165, 1.54) is 28.1 Å². The molecule has 0 fully saturated rings. The molecule has 7 rings (SSSR count). The first-order chi connectivity index (χ1) is 21.4. The number of fused-ring (bicyclic) bond motifs is 2. The number of thiophene rings is 1. The van der Waals surface area contributed by atoms with E-state index in [1.807, 2.05) is 24.3 Å². The molecule has 45 heavy (non-hydrogen) atoms. The Labute approximate surface area is 276 Å². The van der Waals surface area contributed by atoms with Crippen molar-refractivity contribution in [3.8, 4) is 10.6 Å². The lowest BCUT2D eigenvalue weighted by atomic mass is 10.0.